The lowest BCUT2D eigenvalue weighted by molar-refractivity contribution is -0.138. The van der Waals surface area contributed by atoms with Gasteiger partial charge >= 0.3 is 6.18 Å². The average molecular weight is 626 g/mol. The third-order valence-electron chi connectivity index (χ3n) is 8.20. The van der Waals surface area contributed by atoms with Crippen molar-refractivity contribution in [3.63, 3.8) is 0 Å². The van der Waals surface area contributed by atoms with Crippen LogP contribution in [0.2, 0.25) is 5.02 Å². The molecule has 0 saturated carbocycles. The highest BCUT2D eigenvalue weighted by atomic mass is 35.5. The van der Waals surface area contributed by atoms with Gasteiger partial charge in [0.2, 0.25) is 0 Å². The quantitative estimate of drug-likeness (QED) is 0.166. The average Bonchev–Trinajstić information content (AvgIpc) is 3.05. The van der Waals surface area contributed by atoms with Crippen molar-refractivity contribution in [3.05, 3.63) is 148 Å². The number of nitrogens with zero attached hydrogens (tertiary/aromatic N) is 2. The van der Waals surface area contributed by atoms with Gasteiger partial charge in [-0.25, -0.2) is 4.98 Å². The van der Waals surface area contributed by atoms with Crippen molar-refractivity contribution >= 4 is 28.9 Å². The van der Waals surface area contributed by atoms with Gasteiger partial charge in [0, 0.05) is 54.3 Å². The van der Waals surface area contributed by atoms with E-state index in [0.29, 0.717) is 43.0 Å². The number of Topliss-reactive ketones (excluding diaryl/α,β-unsaturated/α-hetero) is 1. The fraction of sp³-hybridized carbons (Fsp3) is 0.189. The number of pyridine rings is 1. The molecular formula is C37H31ClF3N3O. The van der Waals surface area contributed by atoms with Gasteiger partial charge in [0.15, 0.2) is 5.78 Å². The highest BCUT2D eigenvalue weighted by Crippen LogP contribution is 2.37. The Hall–Kier alpha value is -4.62. The Morgan fingerprint density at radius 3 is 2.27 bits per heavy atom. The molecule has 1 aliphatic rings. The summed E-state index contributed by atoms with van der Waals surface area (Å²) in [7, 11) is 0. The number of rotatable bonds is 9. The first kappa shape index (κ1) is 30.4. The molecule has 8 heteroatoms. The van der Waals surface area contributed by atoms with E-state index in [1.54, 1.807) is 6.20 Å². The van der Waals surface area contributed by atoms with Crippen LogP contribution in [0.25, 0.3) is 11.1 Å². The van der Waals surface area contributed by atoms with Crippen LogP contribution in [-0.2, 0) is 12.7 Å². The molecular weight excluding hydrogens is 595 g/mol. The second-order valence-electron chi connectivity index (χ2n) is 11.2. The van der Waals surface area contributed by atoms with E-state index in [1.165, 1.54) is 23.3 Å². The maximum Gasteiger partial charge on any atom is 0.416 e. The van der Waals surface area contributed by atoms with Crippen molar-refractivity contribution in [1.82, 2.24) is 4.98 Å². The first-order valence-electron chi connectivity index (χ1n) is 14.8. The Balaban J connectivity index is 1.23. The van der Waals surface area contributed by atoms with Gasteiger partial charge in [-0.15, -0.1) is 0 Å². The van der Waals surface area contributed by atoms with Gasteiger partial charge in [-0.3, -0.25) is 4.79 Å². The molecule has 0 amide bonds. The number of anilines is 2. The first-order valence-corrected chi connectivity index (χ1v) is 15.2. The summed E-state index contributed by atoms with van der Waals surface area (Å²) >= 11 is 6.09. The molecule has 0 saturated heterocycles. The first-order chi connectivity index (χ1) is 21.8. The minimum Gasteiger partial charge on any atom is -0.367 e. The smallest absolute Gasteiger partial charge is 0.367 e. The predicted octanol–water partition coefficient (Wildman–Crippen LogP) is 9.65. The normalized spacial score (nSPS) is 13.0. The summed E-state index contributed by atoms with van der Waals surface area (Å²) in [4.78, 5) is 20.0. The number of benzene rings is 4. The SMILES string of the molecule is O=C(CCC(c1ccccc1)c1ccccc1)c1cccc(-c2cnc3c(c2)N(Cc2cc(Cl)ccc2C(F)(F)F)CCN3)c1. The molecule has 0 bridgehead atoms. The van der Waals surface area contributed by atoms with E-state index in [9.17, 15) is 18.0 Å². The van der Waals surface area contributed by atoms with E-state index in [2.05, 4.69) is 34.6 Å². The largest absolute Gasteiger partial charge is 0.416 e. The summed E-state index contributed by atoms with van der Waals surface area (Å²) < 4.78 is 41.3. The lowest BCUT2D eigenvalue weighted by atomic mass is 9.86. The topological polar surface area (TPSA) is 45.2 Å². The molecule has 0 aliphatic carbocycles. The summed E-state index contributed by atoms with van der Waals surface area (Å²) in [6, 6.07) is 33.5. The molecule has 45 heavy (non-hydrogen) atoms. The zero-order chi connectivity index (χ0) is 31.4. The Morgan fingerprint density at radius 1 is 0.867 bits per heavy atom. The fourth-order valence-electron chi connectivity index (χ4n) is 5.95. The van der Waals surface area contributed by atoms with Gasteiger partial charge in [0.1, 0.15) is 5.82 Å². The molecule has 0 radical (unpaired) electrons. The third kappa shape index (κ3) is 7.04. The molecule has 0 atom stereocenters. The number of carbonyl (C=O) groups excluding carboxylic acids is 1. The van der Waals surface area contributed by atoms with Crippen molar-refractivity contribution in [3.8, 4) is 11.1 Å². The Kier molecular flexibility index (Phi) is 8.90. The molecule has 5 aromatic rings. The number of hydrogen-bond acceptors (Lipinski definition) is 4. The van der Waals surface area contributed by atoms with Crippen LogP contribution in [0.4, 0.5) is 24.7 Å². The zero-order valence-corrected chi connectivity index (χ0v) is 25.2. The van der Waals surface area contributed by atoms with Crippen LogP contribution in [-0.4, -0.2) is 23.9 Å². The van der Waals surface area contributed by atoms with Gasteiger partial charge in [-0.1, -0.05) is 90.5 Å². The Morgan fingerprint density at radius 2 is 1.58 bits per heavy atom. The van der Waals surface area contributed by atoms with Crippen molar-refractivity contribution in [1.29, 1.82) is 0 Å². The van der Waals surface area contributed by atoms with Crippen molar-refractivity contribution in [2.45, 2.75) is 31.5 Å². The van der Waals surface area contributed by atoms with Crippen molar-refractivity contribution in [2.75, 3.05) is 23.3 Å². The molecule has 0 spiro atoms. The van der Waals surface area contributed by atoms with E-state index in [-0.39, 0.29) is 28.8 Å². The van der Waals surface area contributed by atoms with Crippen LogP contribution in [0.15, 0.2) is 115 Å². The van der Waals surface area contributed by atoms with Crippen LogP contribution < -0.4 is 10.2 Å². The van der Waals surface area contributed by atoms with Crippen LogP contribution in [0.5, 0.6) is 0 Å². The number of nitrogens with one attached hydrogen (secondary N) is 1. The van der Waals surface area contributed by atoms with E-state index in [1.807, 2.05) is 71.6 Å². The Bertz CT molecular complexity index is 1760. The zero-order valence-electron chi connectivity index (χ0n) is 24.4. The minimum absolute atomic E-state index is 0.0255. The molecule has 6 rings (SSSR count). The predicted molar refractivity (Wildman–Crippen MR) is 174 cm³/mol. The van der Waals surface area contributed by atoms with Gasteiger partial charge < -0.3 is 10.2 Å². The standard InChI is InChI=1S/C37H31ClF3N3O/c38-31-14-16-33(37(39,40)41)30(21-31)24-44-19-18-42-36-34(44)22-29(23-43-36)27-12-7-13-28(20-27)35(45)17-15-32(25-8-3-1-4-9-25)26-10-5-2-6-11-26/h1-14,16,20-23,32H,15,17-19,24H2,(H,42,43). The van der Waals surface area contributed by atoms with Crippen LogP contribution in [0, 0.1) is 0 Å². The number of hydrogen-bond donors (Lipinski definition) is 1. The summed E-state index contributed by atoms with van der Waals surface area (Å²) in [5, 5.41) is 3.49. The van der Waals surface area contributed by atoms with Gasteiger partial charge in [0.25, 0.3) is 0 Å². The molecule has 4 nitrogen and oxygen atoms in total. The van der Waals surface area contributed by atoms with Crippen molar-refractivity contribution < 1.29 is 18.0 Å². The highest BCUT2D eigenvalue weighted by molar-refractivity contribution is 6.30. The van der Waals surface area contributed by atoms with Gasteiger partial charge in [-0.05, 0) is 59.0 Å². The van der Waals surface area contributed by atoms with Crippen LogP contribution in [0.1, 0.15) is 51.4 Å². The van der Waals surface area contributed by atoms with E-state index in [4.69, 9.17) is 11.6 Å². The number of ketones is 1. The fourth-order valence-corrected chi connectivity index (χ4v) is 6.14. The Labute approximate surface area is 265 Å². The van der Waals surface area contributed by atoms with Crippen LogP contribution in [0.3, 0.4) is 0 Å². The second kappa shape index (κ2) is 13.2. The number of fused-ring (bicyclic) bond motifs is 1. The molecule has 1 aliphatic heterocycles. The molecule has 0 unspecified atom stereocenters. The minimum atomic E-state index is -4.49. The lowest BCUT2D eigenvalue weighted by Gasteiger charge is -2.32. The second-order valence-corrected chi connectivity index (χ2v) is 11.6. The molecule has 2 heterocycles. The number of aromatic nitrogens is 1. The summed E-state index contributed by atoms with van der Waals surface area (Å²) in [6.45, 7) is 1.06. The molecule has 228 valence electrons. The number of halogens is 4. The maximum atomic E-state index is 13.8. The molecule has 0 fully saturated rings. The highest BCUT2D eigenvalue weighted by Gasteiger charge is 2.34. The summed E-state index contributed by atoms with van der Waals surface area (Å²) in [5.74, 6) is 0.740. The van der Waals surface area contributed by atoms with Crippen LogP contribution >= 0.6 is 11.6 Å². The summed E-state index contributed by atoms with van der Waals surface area (Å²) in [6.07, 6.45) is -1.73. The monoisotopic (exact) mass is 625 g/mol. The van der Waals surface area contributed by atoms with E-state index < -0.39 is 11.7 Å². The number of carbonyl (C=O) groups is 1. The molecule has 4 aromatic carbocycles. The maximum absolute atomic E-state index is 13.8. The summed E-state index contributed by atoms with van der Waals surface area (Å²) in [5.41, 5.74) is 4.61. The number of alkyl halides is 3. The van der Waals surface area contributed by atoms with E-state index >= 15 is 0 Å². The third-order valence-corrected chi connectivity index (χ3v) is 8.43. The van der Waals surface area contributed by atoms with E-state index in [0.717, 1.165) is 17.2 Å². The molecule has 1 aromatic heterocycles. The van der Waals surface area contributed by atoms with Gasteiger partial charge in [-0.2, -0.15) is 13.2 Å². The van der Waals surface area contributed by atoms with Crippen molar-refractivity contribution in [2.24, 2.45) is 0 Å². The van der Waals surface area contributed by atoms with Gasteiger partial charge in [0.05, 0.1) is 11.3 Å². The lowest BCUT2D eigenvalue weighted by Crippen LogP contribution is -2.34. The molecule has 1 N–H and O–H groups in total.